The first kappa shape index (κ1) is 29.9. The van der Waals surface area contributed by atoms with Gasteiger partial charge < -0.3 is 4.90 Å². The zero-order chi connectivity index (χ0) is 33.7. The van der Waals surface area contributed by atoms with E-state index in [0.29, 0.717) is 0 Å². The highest BCUT2D eigenvalue weighted by Crippen LogP contribution is 2.54. The first-order valence-corrected chi connectivity index (χ1v) is 17.4. The molecule has 0 saturated carbocycles. The maximum Gasteiger partial charge on any atom is 0.0540 e. The van der Waals surface area contributed by atoms with E-state index in [-0.39, 0.29) is 5.41 Å². The Bertz CT molecular complexity index is 2490. The van der Waals surface area contributed by atoms with Crippen LogP contribution in [0.3, 0.4) is 0 Å². The van der Waals surface area contributed by atoms with E-state index >= 15 is 0 Å². The highest BCUT2D eigenvalue weighted by atomic mass is 15.1. The SMILES string of the molecule is CC1(C)c2cc(N(c3cc(-c4ccccc4)c4ccccc4c3)c3ccccc3-c3ccccc3)ccc2-c2c(-c3ccccc3)cccc21. The molecule has 8 aromatic rings. The number of benzene rings is 8. The van der Waals surface area contributed by atoms with E-state index in [0.717, 1.165) is 17.1 Å². The largest absolute Gasteiger partial charge is 0.310 e. The van der Waals surface area contributed by atoms with Crippen LogP contribution in [0.5, 0.6) is 0 Å². The molecular formula is C49H37N. The predicted octanol–water partition coefficient (Wildman–Crippen LogP) is 13.6. The maximum absolute atomic E-state index is 2.47. The van der Waals surface area contributed by atoms with Crippen LogP contribution in [0.15, 0.2) is 188 Å². The smallest absolute Gasteiger partial charge is 0.0540 e. The van der Waals surface area contributed by atoms with Crippen molar-refractivity contribution in [2.24, 2.45) is 0 Å². The third kappa shape index (κ3) is 4.94. The normalized spacial score (nSPS) is 12.8. The minimum atomic E-state index is -0.172. The number of para-hydroxylation sites is 1. The van der Waals surface area contributed by atoms with Crippen LogP contribution in [-0.2, 0) is 5.41 Å². The van der Waals surface area contributed by atoms with Crippen LogP contribution in [-0.4, -0.2) is 0 Å². The minimum Gasteiger partial charge on any atom is -0.310 e. The van der Waals surface area contributed by atoms with Crippen LogP contribution in [0, 0.1) is 0 Å². The molecule has 0 spiro atoms. The summed E-state index contributed by atoms with van der Waals surface area (Å²) in [4.78, 5) is 2.47. The van der Waals surface area contributed by atoms with E-state index in [4.69, 9.17) is 0 Å². The van der Waals surface area contributed by atoms with Crippen molar-refractivity contribution in [1.29, 1.82) is 0 Å². The van der Waals surface area contributed by atoms with Gasteiger partial charge in [-0.1, -0.05) is 172 Å². The van der Waals surface area contributed by atoms with Gasteiger partial charge in [0.2, 0.25) is 0 Å². The summed E-state index contributed by atoms with van der Waals surface area (Å²) in [7, 11) is 0. The number of anilines is 3. The van der Waals surface area contributed by atoms with Crippen LogP contribution >= 0.6 is 0 Å². The van der Waals surface area contributed by atoms with Crippen molar-refractivity contribution in [3.05, 3.63) is 199 Å². The zero-order valence-electron chi connectivity index (χ0n) is 28.3. The van der Waals surface area contributed by atoms with Gasteiger partial charge in [0.1, 0.15) is 0 Å². The molecule has 0 aromatic heterocycles. The van der Waals surface area contributed by atoms with Gasteiger partial charge in [-0.15, -0.1) is 0 Å². The second-order valence-electron chi connectivity index (χ2n) is 13.7. The van der Waals surface area contributed by atoms with Gasteiger partial charge in [-0.25, -0.2) is 0 Å². The Labute approximate surface area is 294 Å². The van der Waals surface area contributed by atoms with Gasteiger partial charge in [0.15, 0.2) is 0 Å². The van der Waals surface area contributed by atoms with Gasteiger partial charge in [0, 0.05) is 22.4 Å². The molecule has 0 radical (unpaired) electrons. The molecule has 50 heavy (non-hydrogen) atoms. The lowest BCUT2D eigenvalue weighted by atomic mass is 9.81. The molecule has 0 bridgehead atoms. The molecule has 0 N–H and O–H groups in total. The summed E-state index contributed by atoms with van der Waals surface area (Å²) < 4.78 is 0. The third-order valence-corrected chi connectivity index (χ3v) is 10.4. The molecule has 0 heterocycles. The molecule has 1 aliphatic rings. The summed E-state index contributed by atoms with van der Waals surface area (Å²) in [5, 5.41) is 2.46. The van der Waals surface area contributed by atoms with E-state index in [2.05, 4.69) is 207 Å². The number of rotatable bonds is 6. The lowest BCUT2D eigenvalue weighted by Gasteiger charge is -2.30. The predicted molar refractivity (Wildman–Crippen MR) is 213 cm³/mol. The van der Waals surface area contributed by atoms with E-state index in [9.17, 15) is 0 Å². The molecular weight excluding hydrogens is 603 g/mol. The van der Waals surface area contributed by atoms with Gasteiger partial charge in [-0.05, 0) is 91.2 Å². The van der Waals surface area contributed by atoms with Crippen molar-refractivity contribution in [1.82, 2.24) is 0 Å². The van der Waals surface area contributed by atoms with E-state index in [1.165, 1.54) is 66.4 Å². The van der Waals surface area contributed by atoms with E-state index in [1.807, 2.05) is 0 Å². The maximum atomic E-state index is 2.47. The van der Waals surface area contributed by atoms with Gasteiger partial charge in [-0.2, -0.15) is 0 Å². The molecule has 0 fully saturated rings. The summed E-state index contributed by atoms with van der Waals surface area (Å²) in [6.07, 6.45) is 0. The monoisotopic (exact) mass is 639 g/mol. The van der Waals surface area contributed by atoms with Crippen LogP contribution in [0.2, 0.25) is 0 Å². The second kappa shape index (κ2) is 12.1. The van der Waals surface area contributed by atoms with Crippen molar-refractivity contribution < 1.29 is 0 Å². The molecule has 1 heteroatoms. The topological polar surface area (TPSA) is 3.24 Å². The van der Waals surface area contributed by atoms with Crippen molar-refractivity contribution in [3.8, 4) is 44.5 Å². The Balaban J connectivity index is 1.30. The third-order valence-electron chi connectivity index (χ3n) is 10.4. The summed E-state index contributed by atoms with van der Waals surface area (Å²) in [5.74, 6) is 0. The van der Waals surface area contributed by atoms with E-state index < -0.39 is 0 Å². The molecule has 1 nitrogen and oxygen atoms in total. The molecule has 0 aliphatic heterocycles. The second-order valence-corrected chi connectivity index (χ2v) is 13.7. The number of hydrogen-bond donors (Lipinski definition) is 0. The van der Waals surface area contributed by atoms with Gasteiger partial charge in [-0.3, -0.25) is 0 Å². The highest BCUT2D eigenvalue weighted by molar-refractivity contribution is 6.02. The Morgan fingerprint density at radius 2 is 0.960 bits per heavy atom. The fourth-order valence-electron chi connectivity index (χ4n) is 8.01. The van der Waals surface area contributed by atoms with Crippen molar-refractivity contribution in [3.63, 3.8) is 0 Å². The van der Waals surface area contributed by atoms with Crippen LogP contribution in [0.4, 0.5) is 17.1 Å². The summed E-state index contributed by atoms with van der Waals surface area (Å²) >= 11 is 0. The molecule has 9 rings (SSSR count). The number of nitrogens with zero attached hydrogens (tertiary/aromatic N) is 1. The summed E-state index contributed by atoms with van der Waals surface area (Å²) in [6.45, 7) is 4.75. The molecule has 0 atom stereocenters. The molecule has 1 aliphatic carbocycles. The Kier molecular flexibility index (Phi) is 7.21. The number of fused-ring (bicyclic) bond motifs is 4. The number of hydrogen-bond acceptors (Lipinski definition) is 1. The van der Waals surface area contributed by atoms with Crippen LogP contribution < -0.4 is 4.90 Å². The Morgan fingerprint density at radius 1 is 0.380 bits per heavy atom. The van der Waals surface area contributed by atoms with Crippen molar-refractivity contribution in [2.75, 3.05) is 4.90 Å². The lowest BCUT2D eigenvalue weighted by molar-refractivity contribution is 0.660. The molecule has 8 aromatic carbocycles. The molecule has 0 unspecified atom stereocenters. The molecule has 0 saturated heterocycles. The fraction of sp³-hybridized carbons (Fsp3) is 0.0612. The van der Waals surface area contributed by atoms with Crippen molar-refractivity contribution in [2.45, 2.75) is 19.3 Å². The average Bonchev–Trinajstić information content (AvgIpc) is 3.41. The minimum absolute atomic E-state index is 0.172. The van der Waals surface area contributed by atoms with E-state index in [1.54, 1.807) is 0 Å². The van der Waals surface area contributed by atoms with Crippen LogP contribution in [0.25, 0.3) is 55.3 Å². The summed E-state index contributed by atoms with van der Waals surface area (Å²) in [5.41, 5.74) is 16.0. The Hall–Kier alpha value is -6.18. The summed E-state index contributed by atoms with van der Waals surface area (Å²) in [6, 6.07) is 68.6. The standard InChI is InChI=1S/C49H37N/c1-49(2)45-27-16-26-42(35-19-8-4-9-20-35)48(45)43-30-29-38(33-46(43)49)50(47-28-15-14-25-41(47)34-17-6-3-7-18-34)39-31-37-23-12-13-24-40(37)44(32-39)36-21-10-5-11-22-36/h3-33H,1-2H3. The van der Waals surface area contributed by atoms with Crippen molar-refractivity contribution >= 4 is 27.8 Å². The zero-order valence-corrected chi connectivity index (χ0v) is 28.3. The Morgan fingerprint density at radius 3 is 1.68 bits per heavy atom. The molecule has 238 valence electrons. The quantitative estimate of drug-likeness (QED) is 0.175. The molecule has 0 amide bonds. The fourth-order valence-corrected chi connectivity index (χ4v) is 8.01. The highest BCUT2D eigenvalue weighted by Gasteiger charge is 2.37. The lowest BCUT2D eigenvalue weighted by Crippen LogP contribution is -2.17. The first-order valence-electron chi connectivity index (χ1n) is 17.4. The van der Waals surface area contributed by atoms with Gasteiger partial charge in [0.05, 0.1) is 5.69 Å². The first-order chi connectivity index (χ1) is 24.6. The van der Waals surface area contributed by atoms with Crippen LogP contribution in [0.1, 0.15) is 25.0 Å². The average molecular weight is 640 g/mol. The van der Waals surface area contributed by atoms with Gasteiger partial charge in [0.25, 0.3) is 0 Å². The van der Waals surface area contributed by atoms with Gasteiger partial charge >= 0.3 is 0 Å².